The summed E-state index contributed by atoms with van der Waals surface area (Å²) < 4.78 is 6.30. The third kappa shape index (κ3) is 3.11. The van der Waals surface area contributed by atoms with Gasteiger partial charge in [0.25, 0.3) is 0 Å². The molecular weight excluding hydrogens is 428 g/mol. The first-order chi connectivity index (χ1) is 15.7. The number of ketones is 1. The SMILES string of the molecule is CC(=O)OC1C2(C)C(C)C3CCCC(C)C3C(=O)C2C(C)C2(C)C(O)C(C(C)O)C(C)CC12C. The Labute approximate surface area is 206 Å². The lowest BCUT2D eigenvalue weighted by Crippen LogP contribution is -2.77. The van der Waals surface area contributed by atoms with Crippen LogP contribution in [-0.2, 0) is 14.3 Å². The molecule has 0 aromatic rings. The predicted molar refractivity (Wildman–Crippen MR) is 132 cm³/mol. The molecule has 0 aromatic carbocycles. The molecule has 4 fully saturated rings. The van der Waals surface area contributed by atoms with E-state index < -0.39 is 34.6 Å². The Bertz CT molecular complexity index is 838. The van der Waals surface area contributed by atoms with E-state index >= 15 is 0 Å². The molecule has 0 heterocycles. The zero-order chi connectivity index (χ0) is 25.5. The van der Waals surface area contributed by atoms with Crippen LogP contribution < -0.4 is 0 Å². The van der Waals surface area contributed by atoms with Crippen molar-refractivity contribution in [2.75, 3.05) is 0 Å². The second kappa shape index (κ2) is 8.30. The Morgan fingerprint density at radius 1 is 1.06 bits per heavy atom. The maximum absolute atomic E-state index is 14.4. The molecule has 5 nitrogen and oxygen atoms in total. The molecule has 4 saturated carbocycles. The average Bonchev–Trinajstić information content (AvgIpc) is 2.72. The highest BCUT2D eigenvalue weighted by molar-refractivity contribution is 5.87. The van der Waals surface area contributed by atoms with Gasteiger partial charge >= 0.3 is 5.97 Å². The summed E-state index contributed by atoms with van der Waals surface area (Å²) in [7, 11) is 0. The van der Waals surface area contributed by atoms with Crippen molar-refractivity contribution in [2.24, 2.45) is 63.6 Å². The Kier molecular flexibility index (Phi) is 6.38. The van der Waals surface area contributed by atoms with Gasteiger partial charge in [0, 0.05) is 40.9 Å². The molecule has 14 atom stereocenters. The summed E-state index contributed by atoms with van der Waals surface area (Å²) in [6, 6.07) is 0. The van der Waals surface area contributed by atoms with Crippen LogP contribution in [0, 0.1) is 63.6 Å². The van der Waals surface area contributed by atoms with Gasteiger partial charge in [0.15, 0.2) is 0 Å². The maximum Gasteiger partial charge on any atom is 0.302 e. The lowest BCUT2D eigenvalue weighted by atomic mass is 9.32. The van der Waals surface area contributed by atoms with Gasteiger partial charge < -0.3 is 14.9 Å². The number of Topliss-reactive ketones (excluding diaryl/α,β-unsaturated/α-hetero) is 1. The minimum atomic E-state index is -0.788. The van der Waals surface area contributed by atoms with Crippen LogP contribution in [0.25, 0.3) is 0 Å². The third-order valence-electron chi connectivity index (χ3n) is 12.2. The number of fused-ring (bicyclic) bond motifs is 3. The van der Waals surface area contributed by atoms with Gasteiger partial charge in [0.2, 0.25) is 0 Å². The minimum Gasteiger partial charge on any atom is -0.461 e. The van der Waals surface area contributed by atoms with Gasteiger partial charge in [-0.3, -0.25) is 9.59 Å². The van der Waals surface area contributed by atoms with Crippen LogP contribution in [0.2, 0.25) is 0 Å². The van der Waals surface area contributed by atoms with Crippen molar-refractivity contribution in [2.45, 2.75) is 106 Å². The number of rotatable bonds is 2. The molecule has 0 saturated heterocycles. The number of carbonyl (C=O) groups is 2. The summed E-state index contributed by atoms with van der Waals surface area (Å²) in [6.07, 6.45) is 2.13. The Hall–Kier alpha value is -0.940. The number of ether oxygens (including phenoxy) is 1. The molecule has 4 aliphatic rings. The van der Waals surface area contributed by atoms with Crippen molar-refractivity contribution in [3.05, 3.63) is 0 Å². The van der Waals surface area contributed by atoms with Crippen molar-refractivity contribution < 1.29 is 24.5 Å². The predicted octanol–water partition coefficient (Wildman–Crippen LogP) is 4.87. The Morgan fingerprint density at radius 2 is 1.68 bits per heavy atom. The van der Waals surface area contributed by atoms with Crippen LogP contribution in [0.1, 0.15) is 88.0 Å². The number of aliphatic hydroxyl groups is 2. The van der Waals surface area contributed by atoms with Gasteiger partial charge in [-0.1, -0.05) is 54.9 Å². The second-order valence-electron chi connectivity index (χ2n) is 13.6. The molecule has 0 spiro atoms. The van der Waals surface area contributed by atoms with E-state index in [9.17, 15) is 19.8 Å². The van der Waals surface area contributed by atoms with Crippen LogP contribution >= 0.6 is 0 Å². The number of aliphatic hydroxyl groups excluding tert-OH is 2. The number of hydrogen-bond donors (Lipinski definition) is 2. The van der Waals surface area contributed by atoms with Gasteiger partial charge in [-0.15, -0.1) is 0 Å². The topological polar surface area (TPSA) is 83.8 Å². The Balaban J connectivity index is 1.95. The van der Waals surface area contributed by atoms with E-state index in [1.807, 2.05) is 0 Å². The zero-order valence-electron chi connectivity index (χ0n) is 22.8. The molecule has 0 amide bonds. The van der Waals surface area contributed by atoms with Crippen molar-refractivity contribution in [3.63, 3.8) is 0 Å². The summed E-state index contributed by atoms with van der Waals surface area (Å²) >= 11 is 0. The molecule has 0 radical (unpaired) electrons. The van der Waals surface area contributed by atoms with E-state index in [0.717, 1.165) is 25.7 Å². The quantitative estimate of drug-likeness (QED) is 0.556. The first kappa shape index (κ1) is 26.1. The third-order valence-corrected chi connectivity index (χ3v) is 12.2. The molecule has 194 valence electrons. The molecule has 2 N–H and O–H groups in total. The van der Waals surface area contributed by atoms with E-state index in [-0.39, 0.29) is 41.5 Å². The average molecular weight is 477 g/mol. The second-order valence-corrected chi connectivity index (χ2v) is 13.6. The molecule has 0 aromatic heterocycles. The smallest absolute Gasteiger partial charge is 0.302 e. The monoisotopic (exact) mass is 476 g/mol. The largest absolute Gasteiger partial charge is 0.461 e. The van der Waals surface area contributed by atoms with Gasteiger partial charge in [-0.2, -0.15) is 0 Å². The summed E-state index contributed by atoms with van der Waals surface area (Å²) in [5.41, 5.74) is -1.69. The van der Waals surface area contributed by atoms with Gasteiger partial charge in [0.05, 0.1) is 12.2 Å². The van der Waals surface area contributed by atoms with Crippen molar-refractivity contribution >= 4 is 11.8 Å². The standard InChI is InChI=1S/C29H48O5/c1-14-11-10-12-20-16(3)28(8)23(24(32)22(14)20)17(4)29(9)25(33)21(18(5)30)15(2)13-27(29,7)26(28)34-19(6)31/h14-18,20-23,25-26,30,33H,10-13H2,1-9H3. The Morgan fingerprint density at radius 3 is 2.24 bits per heavy atom. The molecule has 34 heavy (non-hydrogen) atoms. The molecule has 5 heteroatoms. The lowest BCUT2D eigenvalue weighted by Gasteiger charge is -2.73. The van der Waals surface area contributed by atoms with Crippen molar-refractivity contribution in [1.29, 1.82) is 0 Å². The fourth-order valence-electron chi connectivity index (χ4n) is 10.4. The number of hydrogen-bond acceptors (Lipinski definition) is 5. The van der Waals surface area contributed by atoms with Crippen LogP contribution in [0.4, 0.5) is 0 Å². The van der Waals surface area contributed by atoms with E-state index in [1.165, 1.54) is 6.92 Å². The van der Waals surface area contributed by atoms with Crippen LogP contribution in [0.15, 0.2) is 0 Å². The number of esters is 1. The first-order valence-electron chi connectivity index (χ1n) is 13.7. The molecule has 0 aliphatic heterocycles. The van der Waals surface area contributed by atoms with Crippen LogP contribution in [0.5, 0.6) is 0 Å². The van der Waals surface area contributed by atoms with Crippen molar-refractivity contribution in [3.8, 4) is 0 Å². The van der Waals surface area contributed by atoms with Gasteiger partial charge in [-0.05, 0) is 55.8 Å². The van der Waals surface area contributed by atoms with E-state index in [2.05, 4.69) is 48.5 Å². The maximum atomic E-state index is 14.4. The van der Waals surface area contributed by atoms with E-state index in [0.29, 0.717) is 17.6 Å². The molecule has 4 rings (SSSR count). The van der Waals surface area contributed by atoms with E-state index in [4.69, 9.17) is 4.74 Å². The van der Waals surface area contributed by atoms with Gasteiger partial charge in [-0.25, -0.2) is 0 Å². The molecular formula is C29H48O5. The summed E-state index contributed by atoms with van der Waals surface area (Å²) in [6.45, 7) is 18.5. The normalized spacial score (nSPS) is 56.0. The minimum absolute atomic E-state index is 0.0439. The summed E-state index contributed by atoms with van der Waals surface area (Å²) in [5, 5.41) is 22.6. The van der Waals surface area contributed by atoms with Gasteiger partial charge in [0.1, 0.15) is 11.9 Å². The fraction of sp³-hybridized carbons (Fsp3) is 0.931. The first-order valence-corrected chi connectivity index (χ1v) is 13.7. The van der Waals surface area contributed by atoms with Crippen molar-refractivity contribution in [1.82, 2.24) is 0 Å². The summed E-state index contributed by atoms with van der Waals surface area (Å²) in [4.78, 5) is 27.0. The fourth-order valence-corrected chi connectivity index (χ4v) is 10.4. The zero-order valence-corrected chi connectivity index (χ0v) is 22.8. The number of carbonyl (C=O) groups excluding carboxylic acids is 2. The van der Waals surface area contributed by atoms with Crippen LogP contribution in [0.3, 0.4) is 0 Å². The van der Waals surface area contributed by atoms with E-state index in [1.54, 1.807) is 6.92 Å². The lowest BCUT2D eigenvalue weighted by molar-refractivity contribution is -0.307. The highest BCUT2D eigenvalue weighted by Gasteiger charge is 2.76. The van der Waals surface area contributed by atoms with Crippen LogP contribution in [-0.4, -0.2) is 40.3 Å². The molecule has 0 bridgehead atoms. The highest BCUT2D eigenvalue weighted by atomic mass is 16.5. The molecule has 14 unspecified atom stereocenters. The molecule has 4 aliphatic carbocycles. The highest BCUT2D eigenvalue weighted by Crippen LogP contribution is 2.73. The summed E-state index contributed by atoms with van der Waals surface area (Å²) in [5.74, 6) is 0.364.